The molecule has 0 amide bonds. The average molecular weight is 587 g/mol. The van der Waals surface area contributed by atoms with Crippen LogP contribution in [0.1, 0.15) is 27.7 Å². The maximum atomic E-state index is 12.1. The van der Waals surface area contributed by atoms with Gasteiger partial charge in [-0.25, -0.2) is 0 Å². The maximum absolute atomic E-state index is 12.1. The van der Waals surface area contributed by atoms with Gasteiger partial charge in [0, 0.05) is 27.7 Å². The number of benzene rings is 1. The van der Waals surface area contributed by atoms with E-state index in [0.29, 0.717) is 11.5 Å². The number of aliphatic hydroxyl groups excluding tert-OH is 2. The predicted octanol–water partition coefficient (Wildman–Crippen LogP) is -0.380. The van der Waals surface area contributed by atoms with Crippen molar-refractivity contribution in [1.82, 2.24) is 0 Å². The van der Waals surface area contributed by atoms with Crippen molar-refractivity contribution >= 4 is 23.9 Å². The van der Waals surface area contributed by atoms with Gasteiger partial charge in [0.15, 0.2) is 30.7 Å². The van der Waals surface area contributed by atoms with E-state index in [2.05, 4.69) is 0 Å². The molecule has 1 aromatic carbocycles. The van der Waals surface area contributed by atoms with Crippen molar-refractivity contribution in [2.45, 2.75) is 83.0 Å². The minimum atomic E-state index is -1.63. The Bertz CT molecular complexity index is 1060. The molecule has 2 aliphatic heterocycles. The molecule has 15 nitrogen and oxygen atoms in total. The van der Waals surface area contributed by atoms with Gasteiger partial charge in [-0.3, -0.25) is 19.2 Å². The first-order chi connectivity index (χ1) is 19.4. The van der Waals surface area contributed by atoms with Crippen LogP contribution in [-0.2, 0) is 52.3 Å². The first kappa shape index (κ1) is 32.0. The molecule has 2 fully saturated rings. The number of aliphatic hydroxyl groups is 2. The molecule has 0 aromatic heterocycles. The van der Waals surface area contributed by atoms with Crippen molar-refractivity contribution in [3.63, 3.8) is 0 Å². The van der Waals surface area contributed by atoms with Gasteiger partial charge in [0.25, 0.3) is 0 Å². The van der Waals surface area contributed by atoms with Crippen LogP contribution in [0.5, 0.6) is 11.5 Å². The second-order valence-corrected chi connectivity index (χ2v) is 9.22. The number of esters is 4. The lowest BCUT2D eigenvalue weighted by Crippen LogP contribution is -2.65. The summed E-state index contributed by atoms with van der Waals surface area (Å²) < 4.78 is 49.6. The zero-order valence-corrected chi connectivity index (χ0v) is 23.1. The molecule has 2 N–H and O–H groups in total. The predicted molar refractivity (Wildman–Crippen MR) is 132 cm³/mol. The Morgan fingerprint density at radius 2 is 1.34 bits per heavy atom. The molecule has 41 heavy (non-hydrogen) atoms. The molecule has 1 aromatic rings. The molecule has 0 spiro atoms. The number of carbonyl (C=O) groups excluding carboxylic acids is 4. The van der Waals surface area contributed by atoms with Gasteiger partial charge in [-0.1, -0.05) is 0 Å². The van der Waals surface area contributed by atoms with Crippen LogP contribution in [0.4, 0.5) is 0 Å². The van der Waals surface area contributed by atoms with Crippen LogP contribution in [0, 0.1) is 0 Å². The van der Waals surface area contributed by atoms with Crippen LogP contribution < -0.4 is 9.47 Å². The van der Waals surface area contributed by atoms with E-state index in [9.17, 15) is 29.4 Å². The van der Waals surface area contributed by atoms with Crippen molar-refractivity contribution < 1.29 is 72.0 Å². The van der Waals surface area contributed by atoms with E-state index in [-0.39, 0.29) is 6.61 Å². The van der Waals surface area contributed by atoms with Crippen LogP contribution in [0.25, 0.3) is 0 Å². The van der Waals surface area contributed by atoms with Crippen LogP contribution in [-0.4, -0.2) is 110 Å². The van der Waals surface area contributed by atoms with Crippen molar-refractivity contribution in [2.75, 3.05) is 20.3 Å². The summed E-state index contributed by atoms with van der Waals surface area (Å²) >= 11 is 0. The Labute approximate surface area is 235 Å². The van der Waals surface area contributed by atoms with Crippen molar-refractivity contribution in [1.29, 1.82) is 0 Å². The lowest BCUT2D eigenvalue weighted by molar-refractivity contribution is -0.350. The molecule has 9 atom stereocenters. The molecule has 2 saturated heterocycles. The monoisotopic (exact) mass is 586 g/mol. The Kier molecular flexibility index (Phi) is 11.3. The van der Waals surface area contributed by atoms with Crippen molar-refractivity contribution in [2.24, 2.45) is 0 Å². The molecular weight excluding hydrogens is 552 g/mol. The third-order valence-corrected chi connectivity index (χ3v) is 5.98. The molecule has 0 saturated carbocycles. The van der Waals surface area contributed by atoms with E-state index < -0.39 is 85.8 Å². The van der Waals surface area contributed by atoms with Gasteiger partial charge in [0.2, 0.25) is 6.29 Å². The average Bonchev–Trinajstić information content (AvgIpc) is 2.90. The van der Waals surface area contributed by atoms with Crippen LogP contribution >= 0.6 is 0 Å². The summed E-state index contributed by atoms with van der Waals surface area (Å²) in [6.07, 6.45) is -13.1. The highest BCUT2D eigenvalue weighted by molar-refractivity contribution is 5.68. The fraction of sp³-hybridized carbons (Fsp3) is 0.615. The summed E-state index contributed by atoms with van der Waals surface area (Å²) in [7, 11) is 1.50. The maximum Gasteiger partial charge on any atom is 0.303 e. The fourth-order valence-corrected chi connectivity index (χ4v) is 4.25. The quantitative estimate of drug-likeness (QED) is 0.266. The van der Waals surface area contributed by atoms with Gasteiger partial charge < -0.3 is 52.8 Å². The van der Waals surface area contributed by atoms with Crippen molar-refractivity contribution in [3.8, 4) is 11.5 Å². The topological polar surface area (TPSA) is 192 Å². The van der Waals surface area contributed by atoms with Gasteiger partial charge >= 0.3 is 23.9 Å². The number of carbonyl (C=O) groups is 4. The Balaban J connectivity index is 1.97. The fourth-order valence-electron chi connectivity index (χ4n) is 4.25. The van der Waals surface area contributed by atoms with E-state index in [1.807, 2.05) is 0 Å². The Morgan fingerprint density at radius 3 is 1.90 bits per heavy atom. The summed E-state index contributed by atoms with van der Waals surface area (Å²) in [5.74, 6) is -2.29. The number of hydrogen-bond donors (Lipinski definition) is 2. The van der Waals surface area contributed by atoms with Gasteiger partial charge in [-0.05, 0) is 24.3 Å². The number of methoxy groups -OCH3 is 1. The number of rotatable bonds is 10. The Hall–Kier alpha value is -3.50. The number of ether oxygens (including phenoxy) is 9. The molecular formula is C26H34O15. The summed E-state index contributed by atoms with van der Waals surface area (Å²) in [5, 5.41) is 21.2. The van der Waals surface area contributed by atoms with Crippen LogP contribution in [0.2, 0.25) is 0 Å². The smallest absolute Gasteiger partial charge is 0.303 e. The van der Waals surface area contributed by atoms with E-state index in [1.54, 1.807) is 24.3 Å². The van der Waals surface area contributed by atoms with Crippen LogP contribution in [0.15, 0.2) is 24.3 Å². The second-order valence-electron chi connectivity index (χ2n) is 9.22. The van der Waals surface area contributed by atoms with E-state index in [4.69, 9.17) is 42.6 Å². The largest absolute Gasteiger partial charge is 0.497 e. The summed E-state index contributed by atoms with van der Waals surface area (Å²) in [6, 6.07) is 6.40. The highest BCUT2D eigenvalue weighted by Crippen LogP contribution is 2.33. The summed E-state index contributed by atoms with van der Waals surface area (Å²) in [4.78, 5) is 47.6. The highest BCUT2D eigenvalue weighted by atomic mass is 16.8. The zero-order valence-electron chi connectivity index (χ0n) is 23.1. The Morgan fingerprint density at radius 1 is 0.780 bits per heavy atom. The first-order valence-corrected chi connectivity index (χ1v) is 12.6. The number of hydrogen-bond acceptors (Lipinski definition) is 15. The van der Waals surface area contributed by atoms with Crippen molar-refractivity contribution in [3.05, 3.63) is 24.3 Å². The molecule has 15 heteroatoms. The molecule has 0 aliphatic carbocycles. The van der Waals surface area contributed by atoms with E-state index in [1.165, 1.54) is 7.11 Å². The molecule has 0 bridgehead atoms. The summed E-state index contributed by atoms with van der Waals surface area (Å²) in [5.41, 5.74) is 0. The van der Waals surface area contributed by atoms with Gasteiger partial charge in [0.1, 0.15) is 36.4 Å². The first-order valence-electron chi connectivity index (χ1n) is 12.6. The molecule has 228 valence electrons. The van der Waals surface area contributed by atoms with E-state index in [0.717, 1.165) is 27.7 Å². The van der Waals surface area contributed by atoms with E-state index >= 15 is 0 Å². The third kappa shape index (κ3) is 8.74. The molecule has 2 heterocycles. The lowest BCUT2D eigenvalue weighted by atomic mass is 9.97. The molecule has 0 unspecified atom stereocenters. The molecule has 2 aliphatic rings. The SMILES string of the molecule is COc1ccc(O[C@@H]2OC[C@H](O)[C@H](O)[C@H]2O[C@@H]2O[C@H](COC(C)=O)[C@H](OC(C)=O)[C@H](OC(C)=O)[C@H]2OC(C)=O)cc1. The van der Waals surface area contributed by atoms with Gasteiger partial charge in [-0.15, -0.1) is 0 Å². The lowest BCUT2D eigenvalue weighted by Gasteiger charge is -2.46. The van der Waals surface area contributed by atoms with Crippen LogP contribution in [0.3, 0.4) is 0 Å². The standard InChI is InChI=1S/C26H34O15/c1-12(27)34-11-19-21(36-13(2)28)23(37-14(3)29)24(38-15(4)30)26(40-19)41-22-20(32)18(31)10-35-25(22)39-17-8-6-16(33-5)7-9-17/h6-9,18-26,31-32H,10-11H2,1-5H3/t18-,19+,20-,21-,22+,23-,24+,25-,26-/m0/s1. The second kappa shape index (κ2) is 14.4. The zero-order chi connectivity index (χ0) is 30.3. The highest BCUT2D eigenvalue weighted by Gasteiger charge is 2.55. The van der Waals surface area contributed by atoms with Gasteiger partial charge in [-0.2, -0.15) is 0 Å². The van der Waals surface area contributed by atoms with Gasteiger partial charge in [0.05, 0.1) is 13.7 Å². The minimum absolute atomic E-state index is 0.300. The minimum Gasteiger partial charge on any atom is -0.497 e. The molecule has 3 rings (SSSR count). The normalized spacial score (nSPS) is 31.3. The molecule has 0 radical (unpaired) electrons. The summed E-state index contributed by atoms with van der Waals surface area (Å²) in [6.45, 7) is 3.61. The third-order valence-electron chi connectivity index (χ3n) is 5.98.